The molecule has 24 heavy (non-hydrogen) atoms. The van der Waals surface area contributed by atoms with Gasteiger partial charge in [-0.05, 0) is 27.8 Å². The molecule has 0 amide bonds. The molecule has 3 rings (SSSR count). The molecule has 0 unspecified atom stereocenters. The van der Waals surface area contributed by atoms with Crippen molar-refractivity contribution in [2.75, 3.05) is 20.0 Å². The van der Waals surface area contributed by atoms with Crippen molar-refractivity contribution in [3.8, 4) is 11.8 Å². The Morgan fingerprint density at radius 1 is 1.08 bits per heavy atom. The highest BCUT2D eigenvalue weighted by Crippen LogP contribution is 2.39. The second-order valence-corrected chi connectivity index (χ2v) is 5.61. The average Bonchev–Trinajstić information content (AvgIpc) is 3.03. The van der Waals surface area contributed by atoms with Crippen LogP contribution in [-0.4, -0.2) is 44.4 Å². The SMILES string of the molecule is COc1nc(N)nc(OC)c1Sc1nnnn1Cc1ccccc1. The Morgan fingerprint density at radius 3 is 2.38 bits per heavy atom. The van der Waals surface area contributed by atoms with Gasteiger partial charge >= 0.3 is 0 Å². The molecule has 0 aliphatic heterocycles. The predicted molar refractivity (Wildman–Crippen MR) is 87.0 cm³/mol. The van der Waals surface area contributed by atoms with E-state index in [4.69, 9.17) is 15.2 Å². The highest BCUT2D eigenvalue weighted by Gasteiger charge is 2.20. The highest BCUT2D eigenvalue weighted by molar-refractivity contribution is 7.99. The van der Waals surface area contributed by atoms with Gasteiger partial charge in [0, 0.05) is 0 Å². The summed E-state index contributed by atoms with van der Waals surface area (Å²) >= 11 is 1.25. The largest absolute Gasteiger partial charge is 0.480 e. The van der Waals surface area contributed by atoms with Crippen LogP contribution in [0.25, 0.3) is 0 Å². The van der Waals surface area contributed by atoms with Gasteiger partial charge in [0.2, 0.25) is 22.9 Å². The summed E-state index contributed by atoms with van der Waals surface area (Å²) in [7, 11) is 3.00. The quantitative estimate of drug-likeness (QED) is 0.705. The lowest BCUT2D eigenvalue weighted by Gasteiger charge is -2.11. The fraction of sp³-hybridized carbons (Fsp3) is 0.214. The first-order chi connectivity index (χ1) is 11.7. The smallest absolute Gasteiger partial charge is 0.236 e. The molecular formula is C14H15N7O2S. The maximum absolute atomic E-state index is 5.65. The molecule has 0 saturated heterocycles. The molecule has 0 fully saturated rings. The van der Waals surface area contributed by atoms with Crippen molar-refractivity contribution in [2.45, 2.75) is 16.6 Å². The number of hydrogen-bond acceptors (Lipinski definition) is 9. The summed E-state index contributed by atoms with van der Waals surface area (Å²) in [5.41, 5.74) is 6.73. The Balaban J connectivity index is 1.91. The Labute approximate surface area is 142 Å². The van der Waals surface area contributed by atoms with Gasteiger partial charge in [0.25, 0.3) is 0 Å². The lowest BCUT2D eigenvalue weighted by atomic mass is 10.2. The molecule has 2 N–H and O–H groups in total. The number of methoxy groups -OCH3 is 2. The van der Waals surface area contributed by atoms with E-state index < -0.39 is 0 Å². The first-order valence-corrected chi connectivity index (χ1v) is 7.76. The molecule has 0 aliphatic carbocycles. The van der Waals surface area contributed by atoms with Crippen molar-refractivity contribution in [3.05, 3.63) is 35.9 Å². The molecule has 0 atom stereocenters. The number of aromatic nitrogens is 6. The fourth-order valence-corrected chi connectivity index (χ4v) is 2.91. The van der Waals surface area contributed by atoms with Gasteiger partial charge in [0.15, 0.2) is 0 Å². The molecule has 0 aliphatic rings. The van der Waals surface area contributed by atoms with Crippen LogP contribution in [0.4, 0.5) is 5.95 Å². The van der Waals surface area contributed by atoms with Crippen LogP contribution in [-0.2, 0) is 6.54 Å². The summed E-state index contributed by atoms with van der Waals surface area (Å²) < 4.78 is 12.2. The van der Waals surface area contributed by atoms with Crippen LogP contribution in [0.3, 0.4) is 0 Å². The van der Waals surface area contributed by atoms with E-state index in [1.165, 1.54) is 26.0 Å². The van der Waals surface area contributed by atoms with E-state index >= 15 is 0 Å². The van der Waals surface area contributed by atoms with Crippen molar-refractivity contribution in [1.29, 1.82) is 0 Å². The maximum Gasteiger partial charge on any atom is 0.236 e. The number of ether oxygens (including phenoxy) is 2. The van der Waals surface area contributed by atoms with Gasteiger partial charge in [-0.15, -0.1) is 5.10 Å². The summed E-state index contributed by atoms with van der Waals surface area (Å²) in [6.45, 7) is 0.538. The molecule has 10 heteroatoms. The van der Waals surface area contributed by atoms with Gasteiger partial charge < -0.3 is 15.2 Å². The first-order valence-electron chi connectivity index (χ1n) is 6.94. The van der Waals surface area contributed by atoms with E-state index in [0.29, 0.717) is 28.4 Å². The summed E-state index contributed by atoms with van der Waals surface area (Å²) in [6.07, 6.45) is 0. The summed E-state index contributed by atoms with van der Waals surface area (Å²) in [4.78, 5) is 8.67. The van der Waals surface area contributed by atoms with Gasteiger partial charge in [-0.25, -0.2) is 4.68 Å². The molecular weight excluding hydrogens is 330 g/mol. The zero-order chi connectivity index (χ0) is 16.9. The topological polar surface area (TPSA) is 114 Å². The normalized spacial score (nSPS) is 10.6. The van der Waals surface area contributed by atoms with Crippen molar-refractivity contribution in [1.82, 2.24) is 30.2 Å². The van der Waals surface area contributed by atoms with Gasteiger partial charge in [-0.3, -0.25) is 0 Å². The number of nitrogens with two attached hydrogens (primary N) is 1. The Hall–Kier alpha value is -2.88. The molecule has 9 nitrogen and oxygen atoms in total. The van der Waals surface area contributed by atoms with Crippen LogP contribution < -0.4 is 15.2 Å². The zero-order valence-electron chi connectivity index (χ0n) is 13.1. The van der Waals surface area contributed by atoms with Crippen LogP contribution in [0, 0.1) is 0 Å². The van der Waals surface area contributed by atoms with E-state index in [1.807, 2.05) is 30.3 Å². The number of nitrogen functional groups attached to an aromatic ring is 1. The summed E-state index contributed by atoms with van der Waals surface area (Å²) in [5.74, 6) is 0.675. The second kappa shape index (κ2) is 7.13. The number of rotatable bonds is 6. The van der Waals surface area contributed by atoms with Gasteiger partial charge in [-0.2, -0.15) is 9.97 Å². The lowest BCUT2D eigenvalue weighted by Crippen LogP contribution is -2.05. The lowest BCUT2D eigenvalue weighted by molar-refractivity contribution is 0.354. The van der Waals surface area contributed by atoms with E-state index in [0.717, 1.165) is 5.56 Å². The van der Waals surface area contributed by atoms with E-state index in [2.05, 4.69) is 25.5 Å². The maximum atomic E-state index is 5.65. The van der Waals surface area contributed by atoms with Crippen LogP contribution in [0.15, 0.2) is 40.4 Å². The number of hydrogen-bond donors (Lipinski definition) is 1. The molecule has 0 bridgehead atoms. The van der Waals surface area contributed by atoms with Crippen molar-refractivity contribution < 1.29 is 9.47 Å². The van der Waals surface area contributed by atoms with Gasteiger partial charge in [0.1, 0.15) is 4.90 Å². The molecule has 124 valence electrons. The van der Waals surface area contributed by atoms with Crippen molar-refractivity contribution in [3.63, 3.8) is 0 Å². The summed E-state index contributed by atoms with van der Waals surface area (Å²) in [6, 6.07) is 9.90. The minimum atomic E-state index is 0.0666. The Bertz CT molecular complexity index is 800. The number of benzene rings is 1. The fourth-order valence-electron chi connectivity index (χ4n) is 2.01. The van der Waals surface area contributed by atoms with Crippen LogP contribution in [0.5, 0.6) is 11.8 Å². The third-order valence-electron chi connectivity index (χ3n) is 3.07. The molecule has 0 radical (unpaired) electrons. The average molecular weight is 345 g/mol. The molecule has 2 aromatic heterocycles. The minimum Gasteiger partial charge on any atom is -0.480 e. The van der Waals surface area contributed by atoms with Crippen LogP contribution in [0.1, 0.15) is 5.56 Å². The van der Waals surface area contributed by atoms with Gasteiger partial charge in [0.05, 0.1) is 20.8 Å². The summed E-state index contributed by atoms with van der Waals surface area (Å²) in [5, 5.41) is 12.4. The minimum absolute atomic E-state index is 0.0666. The number of nitrogens with zero attached hydrogens (tertiary/aromatic N) is 6. The Morgan fingerprint density at radius 2 is 1.75 bits per heavy atom. The molecule has 0 spiro atoms. The number of anilines is 1. The monoisotopic (exact) mass is 345 g/mol. The zero-order valence-corrected chi connectivity index (χ0v) is 13.9. The Kier molecular flexibility index (Phi) is 4.75. The second-order valence-electron chi connectivity index (χ2n) is 4.64. The molecule has 2 heterocycles. The van der Waals surface area contributed by atoms with E-state index in [1.54, 1.807) is 4.68 Å². The van der Waals surface area contributed by atoms with Gasteiger partial charge in [-0.1, -0.05) is 30.3 Å². The third-order valence-corrected chi connectivity index (χ3v) is 4.10. The third kappa shape index (κ3) is 3.38. The first kappa shape index (κ1) is 16.0. The molecule has 0 saturated carbocycles. The molecule has 3 aromatic rings. The number of tetrazole rings is 1. The van der Waals surface area contributed by atoms with Crippen LogP contribution >= 0.6 is 11.8 Å². The van der Waals surface area contributed by atoms with E-state index in [-0.39, 0.29) is 5.95 Å². The standard InChI is InChI=1S/C14H15N7O2S/c1-22-11-10(12(23-2)17-13(15)16-11)24-14-18-19-20-21(14)8-9-6-4-3-5-7-9/h3-7H,8H2,1-2H3,(H2,15,16,17). The van der Waals surface area contributed by atoms with Crippen molar-refractivity contribution in [2.24, 2.45) is 0 Å². The van der Waals surface area contributed by atoms with Crippen molar-refractivity contribution >= 4 is 17.7 Å². The van der Waals surface area contributed by atoms with E-state index in [9.17, 15) is 0 Å². The predicted octanol–water partition coefficient (Wildman–Crippen LogP) is 1.26. The highest BCUT2D eigenvalue weighted by atomic mass is 32.2. The molecule has 1 aromatic carbocycles. The van der Waals surface area contributed by atoms with Crippen LogP contribution in [0.2, 0.25) is 0 Å².